The van der Waals surface area contributed by atoms with Crippen molar-refractivity contribution < 1.29 is 27.1 Å². The number of anilines is 1. The molecule has 0 heterocycles. The molecule has 0 aliphatic heterocycles. The molecule has 1 amide bonds. The van der Waals surface area contributed by atoms with E-state index in [1.165, 1.54) is 26.4 Å². The molecule has 162 valence electrons. The number of carbonyl (C=O) groups is 1. The molecule has 0 atom stereocenters. The number of amides is 1. The van der Waals surface area contributed by atoms with Crippen LogP contribution in [-0.4, -0.2) is 28.5 Å². The van der Waals surface area contributed by atoms with Gasteiger partial charge in [0.25, 0.3) is 15.9 Å². The van der Waals surface area contributed by atoms with E-state index < -0.39 is 21.7 Å². The van der Waals surface area contributed by atoms with E-state index >= 15 is 0 Å². The Morgan fingerprint density at radius 3 is 2.29 bits per heavy atom. The van der Waals surface area contributed by atoms with Crippen molar-refractivity contribution in [1.29, 1.82) is 0 Å². The Morgan fingerprint density at radius 2 is 1.61 bits per heavy atom. The Kier molecular flexibility index (Phi) is 6.76. The molecule has 3 rings (SSSR count). The molecule has 7 nitrogen and oxygen atoms in total. The number of methoxy groups -OCH3 is 2. The number of rotatable bonds is 8. The van der Waals surface area contributed by atoms with E-state index in [9.17, 15) is 17.6 Å². The van der Waals surface area contributed by atoms with E-state index in [1.54, 1.807) is 30.3 Å². The number of nitrogens with one attached hydrogen (secondary N) is 2. The van der Waals surface area contributed by atoms with E-state index in [0.717, 1.165) is 29.8 Å². The topological polar surface area (TPSA) is 93.7 Å². The van der Waals surface area contributed by atoms with E-state index in [1.807, 2.05) is 0 Å². The minimum Gasteiger partial charge on any atom is -0.493 e. The maximum atomic E-state index is 13.1. The number of ether oxygens (including phenoxy) is 2. The van der Waals surface area contributed by atoms with Gasteiger partial charge in [-0.2, -0.15) is 0 Å². The second-order valence-electron chi connectivity index (χ2n) is 6.48. The number of hydrogen-bond donors (Lipinski definition) is 2. The normalized spacial score (nSPS) is 10.9. The zero-order valence-electron chi connectivity index (χ0n) is 16.9. The maximum Gasteiger partial charge on any atom is 0.261 e. The summed E-state index contributed by atoms with van der Waals surface area (Å²) in [4.78, 5) is 12.6. The second kappa shape index (κ2) is 9.48. The van der Waals surface area contributed by atoms with Crippen molar-refractivity contribution in [3.05, 3.63) is 83.7 Å². The number of sulfonamides is 1. The van der Waals surface area contributed by atoms with E-state index in [2.05, 4.69) is 10.0 Å². The van der Waals surface area contributed by atoms with Gasteiger partial charge in [0.15, 0.2) is 11.5 Å². The van der Waals surface area contributed by atoms with Gasteiger partial charge in [-0.05, 0) is 54.1 Å². The highest BCUT2D eigenvalue weighted by Gasteiger charge is 2.18. The molecule has 0 aromatic heterocycles. The molecule has 0 aliphatic rings. The number of benzene rings is 3. The van der Waals surface area contributed by atoms with Gasteiger partial charge in [0.1, 0.15) is 5.82 Å². The predicted molar refractivity (Wildman–Crippen MR) is 114 cm³/mol. The fourth-order valence-corrected chi connectivity index (χ4v) is 3.94. The van der Waals surface area contributed by atoms with Crippen LogP contribution in [0.1, 0.15) is 15.9 Å². The molecule has 31 heavy (non-hydrogen) atoms. The van der Waals surface area contributed by atoms with Gasteiger partial charge in [-0.15, -0.1) is 0 Å². The van der Waals surface area contributed by atoms with Crippen molar-refractivity contribution in [2.24, 2.45) is 0 Å². The third kappa shape index (κ3) is 5.32. The summed E-state index contributed by atoms with van der Waals surface area (Å²) in [6.45, 7) is 0.193. The van der Waals surface area contributed by atoms with Crippen molar-refractivity contribution in [2.45, 2.75) is 11.4 Å². The largest absolute Gasteiger partial charge is 0.493 e. The highest BCUT2D eigenvalue weighted by molar-refractivity contribution is 7.92. The first-order valence-electron chi connectivity index (χ1n) is 9.20. The molecule has 0 spiro atoms. The minimum atomic E-state index is -4.00. The highest BCUT2D eigenvalue weighted by atomic mass is 32.2. The van der Waals surface area contributed by atoms with E-state index in [4.69, 9.17) is 9.47 Å². The van der Waals surface area contributed by atoms with Gasteiger partial charge in [-0.3, -0.25) is 9.52 Å². The summed E-state index contributed by atoms with van der Waals surface area (Å²) >= 11 is 0. The summed E-state index contributed by atoms with van der Waals surface area (Å²) in [5.41, 5.74) is 1.03. The average molecular weight is 444 g/mol. The van der Waals surface area contributed by atoms with Gasteiger partial charge in [0, 0.05) is 6.54 Å². The van der Waals surface area contributed by atoms with Crippen LogP contribution in [0.15, 0.2) is 71.6 Å². The van der Waals surface area contributed by atoms with Crippen LogP contribution >= 0.6 is 0 Å². The molecule has 0 aliphatic carbocycles. The first kappa shape index (κ1) is 22.1. The molecular weight excluding hydrogens is 423 g/mol. The molecule has 0 radical (unpaired) electrons. The SMILES string of the molecule is COc1ccc(CNC(=O)c2ccccc2NS(=O)(=O)c2ccc(F)cc2)cc1OC. The molecule has 3 aromatic carbocycles. The third-order valence-corrected chi connectivity index (χ3v) is 5.82. The number of hydrogen-bond acceptors (Lipinski definition) is 5. The quantitative estimate of drug-likeness (QED) is 0.554. The lowest BCUT2D eigenvalue weighted by atomic mass is 10.1. The maximum absolute atomic E-state index is 13.1. The Bertz CT molecular complexity index is 1180. The van der Waals surface area contributed by atoms with Gasteiger partial charge < -0.3 is 14.8 Å². The molecule has 9 heteroatoms. The van der Waals surface area contributed by atoms with Gasteiger partial charge in [0.05, 0.1) is 30.4 Å². The summed E-state index contributed by atoms with van der Waals surface area (Å²) in [6, 6.07) is 15.9. The highest BCUT2D eigenvalue weighted by Crippen LogP contribution is 2.27. The third-order valence-electron chi connectivity index (χ3n) is 4.44. The van der Waals surface area contributed by atoms with Crippen LogP contribution in [0.5, 0.6) is 11.5 Å². The smallest absolute Gasteiger partial charge is 0.261 e. The zero-order chi connectivity index (χ0) is 22.4. The van der Waals surface area contributed by atoms with Crippen LogP contribution in [0, 0.1) is 5.82 Å². The predicted octanol–water partition coefficient (Wildman–Crippen LogP) is 3.57. The molecule has 0 unspecified atom stereocenters. The van der Waals surface area contributed by atoms with Crippen molar-refractivity contribution >= 4 is 21.6 Å². The van der Waals surface area contributed by atoms with Crippen LogP contribution in [0.2, 0.25) is 0 Å². The summed E-state index contributed by atoms with van der Waals surface area (Å²) in [7, 11) is -0.948. The molecule has 0 bridgehead atoms. The van der Waals surface area contributed by atoms with Crippen molar-refractivity contribution in [2.75, 3.05) is 18.9 Å². The van der Waals surface area contributed by atoms with Gasteiger partial charge in [0.2, 0.25) is 0 Å². The number of halogens is 1. The minimum absolute atomic E-state index is 0.108. The second-order valence-corrected chi connectivity index (χ2v) is 8.16. The zero-order valence-corrected chi connectivity index (χ0v) is 17.7. The molecule has 0 saturated carbocycles. The van der Waals surface area contributed by atoms with Gasteiger partial charge in [-0.1, -0.05) is 18.2 Å². The summed E-state index contributed by atoms with van der Waals surface area (Å²) < 4.78 is 51.2. The van der Waals surface area contributed by atoms with Crippen LogP contribution in [0.3, 0.4) is 0 Å². The Morgan fingerprint density at radius 1 is 0.935 bits per heavy atom. The number of para-hydroxylation sites is 1. The Labute approximate surface area is 179 Å². The Balaban J connectivity index is 1.77. The van der Waals surface area contributed by atoms with Crippen molar-refractivity contribution in [1.82, 2.24) is 5.32 Å². The monoisotopic (exact) mass is 444 g/mol. The fraction of sp³-hybridized carbons (Fsp3) is 0.136. The molecule has 3 aromatic rings. The van der Waals surface area contributed by atoms with Crippen LogP contribution < -0.4 is 19.5 Å². The molecule has 0 fully saturated rings. The first-order chi connectivity index (χ1) is 14.8. The lowest BCUT2D eigenvalue weighted by molar-refractivity contribution is 0.0951. The molecule has 0 saturated heterocycles. The van der Waals surface area contributed by atoms with E-state index in [0.29, 0.717) is 11.5 Å². The van der Waals surface area contributed by atoms with Gasteiger partial charge in [-0.25, -0.2) is 12.8 Å². The van der Waals surface area contributed by atoms with Crippen molar-refractivity contribution in [3.63, 3.8) is 0 Å². The summed E-state index contributed by atoms with van der Waals surface area (Å²) in [5.74, 6) is 0.0842. The average Bonchev–Trinajstić information content (AvgIpc) is 2.77. The summed E-state index contributed by atoms with van der Waals surface area (Å²) in [5, 5.41) is 2.76. The summed E-state index contributed by atoms with van der Waals surface area (Å²) in [6.07, 6.45) is 0. The van der Waals surface area contributed by atoms with Crippen LogP contribution in [0.25, 0.3) is 0 Å². The lowest BCUT2D eigenvalue weighted by Gasteiger charge is -2.13. The Hall–Kier alpha value is -3.59. The van der Waals surface area contributed by atoms with Crippen molar-refractivity contribution in [3.8, 4) is 11.5 Å². The van der Waals surface area contributed by atoms with Crippen LogP contribution in [-0.2, 0) is 16.6 Å². The van der Waals surface area contributed by atoms with E-state index in [-0.39, 0.29) is 22.7 Å². The fourth-order valence-electron chi connectivity index (χ4n) is 2.86. The van der Waals surface area contributed by atoms with Gasteiger partial charge >= 0.3 is 0 Å². The molecular formula is C22H21FN2O5S. The standard InChI is InChI=1S/C22H21FN2O5S/c1-29-20-12-7-15(13-21(20)30-2)14-24-22(26)18-5-3-4-6-19(18)25-31(27,28)17-10-8-16(23)9-11-17/h3-13,25H,14H2,1-2H3,(H,24,26). The molecule has 2 N–H and O–H groups in total. The number of carbonyl (C=O) groups excluding carboxylic acids is 1. The van der Waals surface area contributed by atoms with Crippen LogP contribution in [0.4, 0.5) is 10.1 Å². The lowest BCUT2D eigenvalue weighted by Crippen LogP contribution is -2.25. The first-order valence-corrected chi connectivity index (χ1v) is 10.7.